The topological polar surface area (TPSA) is 60.2 Å². The highest BCUT2D eigenvalue weighted by molar-refractivity contribution is 5.44. The van der Waals surface area contributed by atoms with Crippen LogP contribution in [0.15, 0.2) is 6.07 Å². The zero-order valence-electron chi connectivity index (χ0n) is 9.26. The Morgan fingerprint density at radius 1 is 1.50 bits per heavy atom. The Hall–Kier alpha value is -1.43. The largest absolute Gasteiger partial charge is 0.381 e. The number of nitrogen functional groups attached to an aromatic ring is 1. The van der Waals surface area contributed by atoms with Crippen molar-refractivity contribution in [2.75, 3.05) is 24.2 Å². The molecule has 1 aromatic rings. The number of halogens is 2. The van der Waals surface area contributed by atoms with Gasteiger partial charge in [-0.3, -0.25) is 0 Å². The van der Waals surface area contributed by atoms with Gasteiger partial charge in [0.25, 0.3) is 0 Å². The molecule has 0 saturated carbocycles. The number of nitrogens with two attached hydrogens (primary N) is 1. The van der Waals surface area contributed by atoms with Crippen LogP contribution in [0.1, 0.15) is 13.8 Å². The van der Waals surface area contributed by atoms with Gasteiger partial charge in [-0.1, -0.05) is 0 Å². The Labute approximate surface area is 92.8 Å². The molecule has 0 aliphatic rings. The zero-order valence-corrected chi connectivity index (χ0v) is 9.26. The van der Waals surface area contributed by atoms with Crippen LogP contribution in [0, 0.1) is 11.6 Å². The fourth-order valence-corrected chi connectivity index (χ4v) is 1.19. The van der Waals surface area contributed by atoms with Crippen LogP contribution in [0.3, 0.4) is 0 Å². The number of ether oxygens (including phenoxy) is 1. The maximum absolute atomic E-state index is 13.2. The van der Waals surface area contributed by atoms with Crippen LogP contribution in [0.4, 0.5) is 20.4 Å². The van der Waals surface area contributed by atoms with Crippen molar-refractivity contribution in [1.29, 1.82) is 0 Å². The van der Waals surface area contributed by atoms with Gasteiger partial charge >= 0.3 is 0 Å². The molecule has 6 heteroatoms. The van der Waals surface area contributed by atoms with Crippen LogP contribution < -0.4 is 11.1 Å². The van der Waals surface area contributed by atoms with Gasteiger partial charge in [0.1, 0.15) is 0 Å². The second-order valence-corrected chi connectivity index (χ2v) is 3.33. The van der Waals surface area contributed by atoms with Crippen molar-refractivity contribution in [3.8, 4) is 0 Å². The predicted octanol–water partition coefficient (Wildman–Crippen LogP) is 1.78. The molecule has 0 amide bonds. The van der Waals surface area contributed by atoms with Gasteiger partial charge in [-0.25, -0.2) is 13.8 Å². The minimum Gasteiger partial charge on any atom is -0.381 e. The molecule has 4 nitrogen and oxygen atoms in total. The van der Waals surface area contributed by atoms with E-state index in [1.54, 1.807) is 0 Å². The van der Waals surface area contributed by atoms with E-state index in [1.165, 1.54) is 0 Å². The average molecular weight is 231 g/mol. The third-order valence-electron chi connectivity index (χ3n) is 1.96. The van der Waals surface area contributed by atoms with Gasteiger partial charge in [0, 0.05) is 19.2 Å². The van der Waals surface area contributed by atoms with Gasteiger partial charge in [-0.05, 0) is 13.8 Å². The number of nitrogens with one attached hydrogen (secondary N) is 1. The third kappa shape index (κ3) is 3.30. The minimum atomic E-state index is -0.860. The van der Waals surface area contributed by atoms with Gasteiger partial charge in [0.2, 0.25) is 0 Å². The van der Waals surface area contributed by atoms with Gasteiger partial charge in [0.15, 0.2) is 23.3 Å². The van der Waals surface area contributed by atoms with Crippen molar-refractivity contribution in [2.45, 2.75) is 20.0 Å². The van der Waals surface area contributed by atoms with E-state index in [0.717, 1.165) is 0 Å². The number of hydrogen-bond acceptors (Lipinski definition) is 4. The van der Waals surface area contributed by atoms with Crippen LogP contribution in [-0.4, -0.2) is 24.2 Å². The van der Waals surface area contributed by atoms with Crippen molar-refractivity contribution in [3.63, 3.8) is 0 Å². The van der Waals surface area contributed by atoms with Gasteiger partial charge in [-0.2, -0.15) is 0 Å². The Morgan fingerprint density at radius 3 is 2.81 bits per heavy atom. The first-order valence-electron chi connectivity index (χ1n) is 5.01. The van der Waals surface area contributed by atoms with E-state index < -0.39 is 11.6 Å². The number of nitrogens with zero attached hydrogens (tertiary/aromatic N) is 1. The fourth-order valence-electron chi connectivity index (χ4n) is 1.19. The molecule has 1 aromatic heterocycles. The predicted molar refractivity (Wildman–Crippen MR) is 58.1 cm³/mol. The van der Waals surface area contributed by atoms with Crippen LogP contribution in [0.5, 0.6) is 0 Å². The van der Waals surface area contributed by atoms with Gasteiger partial charge < -0.3 is 15.8 Å². The summed E-state index contributed by atoms with van der Waals surface area (Å²) in [7, 11) is 0. The van der Waals surface area contributed by atoms with Crippen molar-refractivity contribution >= 4 is 11.6 Å². The van der Waals surface area contributed by atoms with Crippen LogP contribution >= 0.6 is 0 Å². The van der Waals surface area contributed by atoms with Gasteiger partial charge in [-0.15, -0.1) is 0 Å². The van der Waals surface area contributed by atoms with Crippen LogP contribution in [0.25, 0.3) is 0 Å². The second-order valence-electron chi connectivity index (χ2n) is 3.33. The maximum atomic E-state index is 13.2. The first-order valence-corrected chi connectivity index (χ1v) is 5.01. The van der Waals surface area contributed by atoms with E-state index >= 15 is 0 Å². The maximum Gasteiger partial charge on any atom is 0.168 e. The van der Waals surface area contributed by atoms with Crippen molar-refractivity contribution in [3.05, 3.63) is 17.7 Å². The van der Waals surface area contributed by atoms with E-state index in [4.69, 9.17) is 10.5 Å². The SMILES string of the molecule is CCOC(C)CNc1nc(N)c(F)cc1F. The molecule has 0 radical (unpaired) electrons. The summed E-state index contributed by atoms with van der Waals surface area (Å²) in [5.41, 5.74) is 5.23. The molecule has 0 bridgehead atoms. The Kier molecular flexibility index (Phi) is 4.42. The molecule has 3 N–H and O–H groups in total. The Bertz CT molecular complexity index is 360. The van der Waals surface area contributed by atoms with Crippen LogP contribution in [-0.2, 0) is 4.74 Å². The first kappa shape index (κ1) is 12.6. The molecule has 0 aliphatic carbocycles. The summed E-state index contributed by atoms with van der Waals surface area (Å²) in [5.74, 6) is -2.02. The third-order valence-corrected chi connectivity index (χ3v) is 1.96. The lowest BCUT2D eigenvalue weighted by molar-refractivity contribution is 0.0854. The molecule has 1 heterocycles. The van der Waals surface area contributed by atoms with E-state index in [2.05, 4.69) is 10.3 Å². The quantitative estimate of drug-likeness (QED) is 0.811. The number of hydrogen-bond donors (Lipinski definition) is 2. The number of anilines is 2. The molecule has 1 rings (SSSR count). The first-order chi connectivity index (χ1) is 7.54. The molecule has 0 fully saturated rings. The van der Waals surface area contributed by atoms with E-state index in [0.29, 0.717) is 19.2 Å². The number of pyridine rings is 1. The summed E-state index contributed by atoms with van der Waals surface area (Å²) >= 11 is 0. The smallest absolute Gasteiger partial charge is 0.168 e. The monoisotopic (exact) mass is 231 g/mol. The summed E-state index contributed by atoms with van der Waals surface area (Å²) in [5, 5.41) is 2.71. The highest BCUT2D eigenvalue weighted by atomic mass is 19.1. The normalized spacial score (nSPS) is 12.5. The summed E-state index contributed by atoms with van der Waals surface area (Å²) in [6.45, 7) is 4.65. The lowest BCUT2D eigenvalue weighted by Gasteiger charge is -2.13. The molecule has 1 atom stereocenters. The molecule has 90 valence electrons. The molecule has 0 aromatic carbocycles. The molecule has 0 aliphatic heterocycles. The van der Waals surface area contributed by atoms with Crippen LogP contribution in [0.2, 0.25) is 0 Å². The van der Waals surface area contributed by atoms with Crippen molar-refractivity contribution in [1.82, 2.24) is 4.98 Å². The molecule has 0 spiro atoms. The average Bonchev–Trinajstić information content (AvgIpc) is 2.22. The number of aromatic nitrogens is 1. The highest BCUT2D eigenvalue weighted by Crippen LogP contribution is 2.16. The molecule has 16 heavy (non-hydrogen) atoms. The zero-order chi connectivity index (χ0) is 12.1. The van der Waals surface area contributed by atoms with E-state index in [1.807, 2.05) is 13.8 Å². The Balaban J connectivity index is 2.63. The highest BCUT2D eigenvalue weighted by Gasteiger charge is 2.10. The summed E-state index contributed by atoms with van der Waals surface area (Å²) in [6.07, 6.45) is -0.0857. The summed E-state index contributed by atoms with van der Waals surface area (Å²) in [4.78, 5) is 3.57. The standard InChI is InChI=1S/C10H15F2N3O/c1-3-16-6(2)5-14-10-8(12)4-7(11)9(13)15-10/h4,6H,3,5H2,1-2H3,(H3,13,14,15). The summed E-state index contributed by atoms with van der Waals surface area (Å²) < 4.78 is 31.2. The van der Waals surface area contributed by atoms with Crippen molar-refractivity contribution in [2.24, 2.45) is 0 Å². The summed E-state index contributed by atoms with van der Waals surface area (Å²) in [6, 6.07) is 0.704. The molecule has 0 saturated heterocycles. The fraction of sp³-hybridized carbons (Fsp3) is 0.500. The lowest BCUT2D eigenvalue weighted by Crippen LogP contribution is -2.21. The lowest BCUT2D eigenvalue weighted by atomic mass is 10.3. The second kappa shape index (κ2) is 5.60. The molecular weight excluding hydrogens is 216 g/mol. The molecule has 1 unspecified atom stereocenters. The minimum absolute atomic E-state index is 0.0644. The number of rotatable bonds is 5. The van der Waals surface area contributed by atoms with Crippen molar-refractivity contribution < 1.29 is 13.5 Å². The van der Waals surface area contributed by atoms with E-state index in [9.17, 15) is 8.78 Å². The van der Waals surface area contributed by atoms with Gasteiger partial charge in [0.05, 0.1) is 6.10 Å². The Morgan fingerprint density at radius 2 is 2.19 bits per heavy atom. The van der Waals surface area contributed by atoms with E-state index in [-0.39, 0.29) is 17.7 Å². The molecular formula is C10H15F2N3O.